The highest BCUT2D eigenvalue weighted by Crippen LogP contribution is 2.28. The molecule has 0 saturated heterocycles. The molecule has 0 atom stereocenters. The maximum Gasteiger partial charge on any atom is 0.309 e. The third-order valence-electron chi connectivity index (χ3n) is 3.85. The largest absolute Gasteiger partial charge is 0.488 e. The summed E-state index contributed by atoms with van der Waals surface area (Å²) in [5, 5.41) is 0. The van der Waals surface area contributed by atoms with E-state index in [9.17, 15) is 4.79 Å². The van der Waals surface area contributed by atoms with Crippen LogP contribution in [0.4, 0.5) is 0 Å². The van der Waals surface area contributed by atoms with E-state index >= 15 is 0 Å². The second-order valence-electron chi connectivity index (χ2n) is 5.37. The molecule has 0 heterocycles. The van der Waals surface area contributed by atoms with Gasteiger partial charge < -0.3 is 9.47 Å². The first-order valence-corrected chi connectivity index (χ1v) is 8.39. The van der Waals surface area contributed by atoms with Crippen LogP contribution in [0, 0.1) is 6.92 Å². The van der Waals surface area contributed by atoms with Crippen molar-refractivity contribution in [3.05, 3.63) is 63.1 Å². The Labute approximate surface area is 145 Å². The van der Waals surface area contributed by atoms with Gasteiger partial charge in [0, 0.05) is 0 Å². The molecular formula is C19H21BrO3. The lowest BCUT2D eigenvalue weighted by molar-refractivity contribution is -0.139. The van der Waals surface area contributed by atoms with Gasteiger partial charge in [0.25, 0.3) is 0 Å². The third kappa shape index (κ3) is 4.58. The van der Waals surface area contributed by atoms with Crippen molar-refractivity contribution < 1.29 is 14.3 Å². The van der Waals surface area contributed by atoms with Gasteiger partial charge >= 0.3 is 5.97 Å². The first kappa shape index (κ1) is 17.5. The number of hydrogen-bond acceptors (Lipinski definition) is 3. The predicted molar refractivity (Wildman–Crippen MR) is 94.8 cm³/mol. The smallest absolute Gasteiger partial charge is 0.309 e. The molecule has 0 N–H and O–H groups in total. The van der Waals surface area contributed by atoms with Crippen LogP contribution in [-0.2, 0) is 29.0 Å². The molecule has 0 spiro atoms. The summed E-state index contributed by atoms with van der Waals surface area (Å²) in [6.45, 7) is 4.56. The van der Waals surface area contributed by atoms with E-state index in [2.05, 4.69) is 35.0 Å². The second-order valence-corrected chi connectivity index (χ2v) is 6.23. The Balaban J connectivity index is 2.18. The molecule has 2 aromatic rings. The number of carbonyl (C=O) groups is 1. The van der Waals surface area contributed by atoms with Gasteiger partial charge in [-0.1, -0.05) is 31.2 Å². The van der Waals surface area contributed by atoms with E-state index in [4.69, 9.17) is 9.47 Å². The van der Waals surface area contributed by atoms with Crippen molar-refractivity contribution in [3.8, 4) is 5.75 Å². The number of aryl methyl sites for hydroxylation is 2. The van der Waals surface area contributed by atoms with Crippen molar-refractivity contribution in [2.75, 3.05) is 7.11 Å². The Morgan fingerprint density at radius 2 is 2.00 bits per heavy atom. The highest BCUT2D eigenvalue weighted by molar-refractivity contribution is 9.10. The van der Waals surface area contributed by atoms with Crippen LogP contribution in [0.25, 0.3) is 0 Å². The van der Waals surface area contributed by atoms with Gasteiger partial charge in [0.05, 0.1) is 18.0 Å². The number of benzene rings is 2. The molecule has 0 aliphatic rings. The first-order valence-electron chi connectivity index (χ1n) is 7.60. The lowest BCUT2D eigenvalue weighted by atomic mass is 10.0. The van der Waals surface area contributed by atoms with Gasteiger partial charge in [-0.2, -0.15) is 0 Å². The van der Waals surface area contributed by atoms with E-state index in [1.165, 1.54) is 12.7 Å². The first-order chi connectivity index (χ1) is 11.0. The van der Waals surface area contributed by atoms with Crippen molar-refractivity contribution in [3.63, 3.8) is 0 Å². The van der Waals surface area contributed by atoms with E-state index in [1.54, 1.807) is 0 Å². The van der Waals surface area contributed by atoms with Crippen molar-refractivity contribution in [1.82, 2.24) is 0 Å². The molecule has 0 saturated carbocycles. The molecule has 0 fully saturated rings. The van der Waals surface area contributed by atoms with Crippen LogP contribution in [0.3, 0.4) is 0 Å². The fourth-order valence-electron chi connectivity index (χ4n) is 2.39. The molecule has 2 rings (SSSR count). The minimum atomic E-state index is -0.245. The molecule has 0 amide bonds. The minimum Gasteiger partial charge on any atom is -0.488 e. The topological polar surface area (TPSA) is 35.5 Å². The van der Waals surface area contributed by atoms with Crippen LogP contribution < -0.4 is 4.74 Å². The van der Waals surface area contributed by atoms with Gasteiger partial charge in [-0.05, 0) is 63.7 Å². The number of carbonyl (C=O) groups excluding carboxylic acids is 1. The number of ether oxygens (including phenoxy) is 2. The maximum atomic E-state index is 11.6. The van der Waals surface area contributed by atoms with Crippen LogP contribution in [0.15, 0.2) is 40.9 Å². The standard InChI is InChI=1S/C19H21BrO3/c1-4-14-8-9-18(17(20)10-14)23-12-16-13(2)6-5-7-15(16)11-19(21)22-3/h5-10H,4,11-12H2,1-3H3. The van der Waals surface area contributed by atoms with Gasteiger partial charge in [0.2, 0.25) is 0 Å². The Bertz CT molecular complexity index is 695. The van der Waals surface area contributed by atoms with E-state index in [0.717, 1.165) is 33.3 Å². The number of halogens is 1. The van der Waals surface area contributed by atoms with Crippen molar-refractivity contribution >= 4 is 21.9 Å². The van der Waals surface area contributed by atoms with Gasteiger partial charge in [-0.3, -0.25) is 4.79 Å². The molecule has 0 aromatic heterocycles. The zero-order valence-corrected chi connectivity index (χ0v) is 15.3. The normalized spacial score (nSPS) is 10.4. The van der Waals surface area contributed by atoms with Crippen LogP contribution in [0.2, 0.25) is 0 Å². The summed E-state index contributed by atoms with van der Waals surface area (Å²) in [5.41, 5.74) is 4.33. The molecule has 0 aliphatic heterocycles. The van der Waals surface area contributed by atoms with Crippen LogP contribution >= 0.6 is 15.9 Å². The summed E-state index contributed by atoms with van der Waals surface area (Å²) < 4.78 is 11.7. The number of methoxy groups -OCH3 is 1. The average molecular weight is 377 g/mol. The fraction of sp³-hybridized carbons (Fsp3) is 0.316. The van der Waals surface area contributed by atoms with Crippen LogP contribution in [0.1, 0.15) is 29.2 Å². The van der Waals surface area contributed by atoms with Gasteiger partial charge in [0.1, 0.15) is 12.4 Å². The summed E-state index contributed by atoms with van der Waals surface area (Å²) in [4.78, 5) is 11.6. The van der Waals surface area contributed by atoms with E-state index in [-0.39, 0.29) is 12.4 Å². The molecule has 4 heteroatoms. The summed E-state index contributed by atoms with van der Waals surface area (Å²) in [7, 11) is 1.40. The second kappa shape index (κ2) is 8.16. The SMILES string of the molecule is CCc1ccc(OCc2c(C)cccc2CC(=O)OC)c(Br)c1. The molecule has 0 bridgehead atoms. The number of esters is 1. The van der Waals surface area contributed by atoms with Crippen LogP contribution in [-0.4, -0.2) is 13.1 Å². The lowest BCUT2D eigenvalue weighted by Crippen LogP contribution is -2.09. The Morgan fingerprint density at radius 1 is 1.22 bits per heavy atom. The van der Waals surface area contributed by atoms with Gasteiger partial charge in [-0.25, -0.2) is 0 Å². The zero-order valence-electron chi connectivity index (χ0n) is 13.7. The highest BCUT2D eigenvalue weighted by Gasteiger charge is 2.12. The minimum absolute atomic E-state index is 0.245. The molecule has 23 heavy (non-hydrogen) atoms. The zero-order chi connectivity index (χ0) is 16.8. The van der Waals surface area contributed by atoms with Crippen LogP contribution in [0.5, 0.6) is 5.75 Å². The third-order valence-corrected chi connectivity index (χ3v) is 4.47. The average Bonchev–Trinajstić information content (AvgIpc) is 2.55. The van der Waals surface area contributed by atoms with Gasteiger partial charge in [0.15, 0.2) is 0 Å². The Morgan fingerprint density at radius 3 is 2.65 bits per heavy atom. The molecule has 0 aliphatic carbocycles. The van der Waals surface area contributed by atoms with E-state index < -0.39 is 0 Å². The number of hydrogen-bond donors (Lipinski definition) is 0. The monoisotopic (exact) mass is 376 g/mol. The molecule has 0 unspecified atom stereocenters. The quantitative estimate of drug-likeness (QED) is 0.690. The Kier molecular flexibility index (Phi) is 6.22. The lowest BCUT2D eigenvalue weighted by Gasteiger charge is -2.14. The molecule has 122 valence electrons. The summed E-state index contributed by atoms with van der Waals surface area (Å²) in [6.07, 6.45) is 1.24. The number of rotatable bonds is 6. The highest BCUT2D eigenvalue weighted by atomic mass is 79.9. The fourth-order valence-corrected chi connectivity index (χ4v) is 2.93. The predicted octanol–water partition coefficient (Wildman–Crippen LogP) is 4.61. The summed E-state index contributed by atoms with van der Waals surface area (Å²) in [6, 6.07) is 12.0. The van der Waals surface area contributed by atoms with Crippen molar-refractivity contribution in [1.29, 1.82) is 0 Å². The van der Waals surface area contributed by atoms with Crippen molar-refractivity contribution in [2.45, 2.75) is 33.3 Å². The molecule has 3 nitrogen and oxygen atoms in total. The molecule has 2 aromatic carbocycles. The van der Waals surface area contributed by atoms with Gasteiger partial charge in [-0.15, -0.1) is 0 Å². The van der Waals surface area contributed by atoms with E-state index in [0.29, 0.717) is 6.61 Å². The molecular weight excluding hydrogens is 356 g/mol. The Hall–Kier alpha value is -1.81. The summed E-state index contributed by atoms with van der Waals surface area (Å²) >= 11 is 3.55. The summed E-state index contributed by atoms with van der Waals surface area (Å²) in [5.74, 6) is 0.555. The van der Waals surface area contributed by atoms with Crippen molar-refractivity contribution in [2.24, 2.45) is 0 Å². The maximum absolute atomic E-state index is 11.6. The van der Waals surface area contributed by atoms with E-state index in [1.807, 2.05) is 31.2 Å². The molecule has 0 radical (unpaired) electrons.